The zero-order chi connectivity index (χ0) is 11.6. The Balaban J connectivity index is 3.12. The SMILES string of the molecule is CCC(C)C(=O)c1cc(F)c(Cl)c(F)c1. The number of carbonyl (C=O) groups excluding carboxylic acids is 1. The second kappa shape index (κ2) is 4.71. The largest absolute Gasteiger partial charge is 0.294 e. The summed E-state index contributed by atoms with van der Waals surface area (Å²) in [6.07, 6.45) is 0.630. The summed E-state index contributed by atoms with van der Waals surface area (Å²) in [6.45, 7) is 3.55. The molecule has 1 aromatic carbocycles. The Kier molecular flexibility index (Phi) is 3.80. The predicted octanol–water partition coefficient (Wildman–Crippen LogP) is 3.85. The van der Waals surface area contributed by atoms with Crippen molar-refractivity contribution in [1.82, 2.24) is 0 Å². The fraction of sp³-hybridized carbons (Fsp3) is 0.364. The average Bonchev–Trinajstić information content (AvgIpc) is 2.23. The molecule has 0 fully saturated rings. The van der Waals surface area contributed by atoms with Crippen molar-refractivity contribution in [2.45, 2.75) is 20.3 Å². The van der Waals surface area contributed by atoms with Crippen LogP contribution in [0.5, 0.6) is 0 Å². The first-order chi connectivity index (χ1) is 6.97. The molecule has 0 bridgehead atoms. The van der Waals surface area contributed by atoms with Gasteiger partial charge in [-0.15, -0.1) is 0 Å². The number of hydrogen-bond donors (Lipinski definition) is 0. The Morgan fingerprint density at radius 1 is 1.40 bits per heavy atom. The van der Waals surface area contributed by atoms with Gasteiger partial charge in [0.15, 0.2) is 5.78 Å². The molecule has 0 heterocycles. The third-order valence-electron chi connectivity index (χ3n) is 2.33. The van der Waals surface area contributed by atoms with Crippen molar-refractivity contribution in [1.29, 1.82) is 0 Å². The van der Waals surface area contributed by atoms with E-state index in [9.17, 15) is 13.6 Å². The van der Waals surface area contributed by atoms with Gasteiger partial charge in [0.1, 0.15) is 16.7 Å². The molecule has 4 heteroatoms. The lowest BCUT2D eigenvalue weighted by molar-refractivity contribution is 0.0926. The zero-order valence-electron chi connectivity index (χ0n) is 8.48. The van der Waals surface area contributed by atoms with Gasteiger partial charge in [-0.25, -0.2) is 8.78 Å². The van der Waals surface area contributed by atoms with Crippen LogP contribution in [-0.2, 0) is 0 Å². The number of halogens is 3. The highest BCUT2D eigenvalue weighted by molar-refractivity contribution is 6.31. The molecule has 0 aliphatic carbocycles. The minimum Gasteiger partial charge on any atom is -0.294 e. The maximum atomic E-state index is 13.0. The van der Waals surface area contributed by atoms with E-state index < -0.39 is 16.7 Å². The Morgan fingerprint density at radius 2 is 1.87 bits per heavy atom. The van der Waals surface area contributed by atoms with Crippen molar-refractivity contribution < 1.29 is 13.6 Å². The van der Waals surface area contributed by atoms with Gasteiger partial charge in [0.05, 0.1) is 0 Å². The quantitative estimate of drug-likeness (QED) is 0.572. The molecule has 1 rings (SSSR count). The van der Waals surface area contributed by atoms with E-state index in [-0.39, 0.29) is 17.3 Å². The van der Waals surface area contributed by atoms with Crippen molar-refractivity contribution in [3.8, 4) is 0 Å². The van der Waals surface area contributed by atoms with Gasteiger partial charge in [0.25, 0.3) is 0 Å². The van der Waals surface area contributed by atoms with Crippen molar-refractivity contribution in [3.63, 3.8) is 0 Å². The number of hydrogen-bond acceptors (Lipinski definition) is 1. The third kappa shape index (κ3) is 2.53. The van der Waals surface area contributed by atoms with E-state index in [0.717, 1.165) is 12.1 Å². The monoisotopic (exact) mass is 232 g/mol. The van der Waals surface area contributed by atoms with E-state index >= 15 is 0 Å². The molecule has 0 amide bonds. The normalized spacial score (nSPS) is 12.6. The van der Waals surface area contributed by atoms with Crippen LogP contribution < -0.4 is 0 Å². The molecule has 15 heavy (non-hydrogen) atoms. The molecule has 1 nitrogen and oxygen atoms in total. The first-order valence-electron chi connectivity index (χ1n) is 4.66. The Bertz CT molecular complexity index is 367. The molecule has 82 valence electrons. The molecule has 0 aliphatic rings. The summed E-state index contributed by atoms with van der Waals surface area (Å²) >= 11 is 5.31. The lowest BCUT2D eigenvalue weighted by Gasteiger charge is -2.08. The van der Waals surface area contributed by atoms with E-state index in [0.29, 0.717) is 6.42 Å². The molecule has 1 aromatic rings. The molecule has 0 N–H and O–H groups in total. The van der Waals surface area contributed by atoms with Gasteiger partial charge >= 0.3 is 0 Å². The summed E-state index contributed by atoms with van der Waals surface area (Å²) in [5.74, 6) is -2.32. The minimum absolute atomic E-state index is 0.0313. The standard InChI is InChI=1S/C11H11ClF2O/c1-3-6(2)11(15)7-4-8(13)10(12)9(14)5-7/h4-6H,3H2,1-2H3. The van der Waals surface area contributed by atoms with Crippen LogP contribution in [0.3, 0.4) is 0 Å². The van der Waals surface area contributed by atoms with Crippen LogP contribution in [0.25, 0.3) is 0 Å². The molecule has 0 saturated carbocycles. The topological polar surface area (TPSA) is 17.1 Å². The van der Waals surface area contributed by atoms with Crippen LogP contribution in [0, 0.1) is 17.6 Å². The van der Waals surface area contributed by atoms with Gasteiger partial charge in [-0.05, 0) is 18.6 Å². The average molecular weight is 233 g/mol. The van der Waals surface area contributed by atoms with E-state index in [1.54, 1.807) is 6.92 Å². The fourth-order valence-electron chi connectivity index (χ4n) is 1.17. The van der Waals surface area contributed by atoms with Gasteiger partial charge in [-0.2, -0.15) is 0 Å². The highest BCUT2D eigenvalue weighted by Gasteiger charge is 2.17. The van der Waals surface area contributed by atoms with E-state index in [4.69, 9.17) is 11.6 Å². The van der Waals surface area contributed by atoms with Crippen molar-refractivity contribution in [3.05, 3.63) is 34.4 Å². The van der Waals surface area contributed by atoms with E-state index in [1.807, 2.05) is 6.92 Å². The lowest BCUT2D eigenvalue weighted by atomic mass is 9.97. The van der Waals surface area contributed by atoms with Gasteiger partial charge < -0.3 is 0 Å². The first kappa shape index (κ1) is 12.1. The second-order valence-corrected chi connectivity index (χ2v) is 3.81. The van der Waals surface area contributed by atoms with E-state index in [1.165, 1.54) is 0 Å². The van der Waals surface area contributed by atoms with E-state index in [2.05, 4.69) is 0 Å². The molecule has 0 aromatic heterocycles. The van der Waals surface area contributed by atoms with Crippen LogP contribution in [-0.4, -0.2) is 5.78 Å². The van der Waals surface area contributed by atoms with Crippen molar-refractivity contribution in [2.75, 3.05) is 0 Å². The molecule has 1 atom stereocenters. The summed E-state index contributed by atoms with van der Waals surface area (Å²) in [4.78, 5) is 11.6. The Labute approximate surface area is 92.1 Å². The maximum absolute atomic E-state index is 13.0. The molecular formula is C11H11ClF2O. The van der Waals surface area contributed by atoms with Crippen molar-refractivity contribution >= 4 is 17.4 Å². The van der Waals surface area contributed by atoms with Crippen LogP contribution in [0.15, 0.2) is 12.1 Å². The van der Waals surface area contributed by atoms with Crippen LogP contribution in [0.4, 0.5) is 8.78 Å². The summed E-state index contributed by atoms with van der Waals surface area (Å²) in [7, 11) is 0. The molecule has 0 spiro atoms. The first-order valence-corrected chi connectivity index (χ1v) is 5.04. The molecular weight excluding hydrogens is 222 g/mol. The third-order valence-corrected chi connectivity index (χ3v) is 2.69. The van der Waals surface area contributed by atoms with Crippen LogP contribution in [0.2, 0.25) is 5.02 Å². The fourth-order valence-corrected chi connectivity index (χ4v) is 1.28. The highest BCUT2D eigenvalue weighted by Crippen LogP contribution is 2.22. The summed E-state index contributed by atoms with van der Waals surface area (Å²) < 4.78 is 26.1. The number of carbonyl (C=O) groups is 1. The maximum Gasteiger partial charge on any atom is 0.165 e. The summed E-state index contributed by atoms with van der Waals surface area (Å²) in [6, 6.07) is 1.94. The van der Waals surface area contributed by atoms with Gasteiger partial charge in [0, 0.05) is 11.5 Å². The van der Waals surface area contributed by atoms with Crippen LogP contribution in [0.1, 0.15) is 30.6 Å². The number of benzene rings is 1. The lowest BCUT2D eigenvalue weighted by Crippen LogP contribution is -2.11. The van der Waals surface area contributed by atoms with Crippen LogP contribution >= 0.6 is 11.6 Å². The smallest absolute Gasteiger partial charge is 0.165 e. The molecule has 0 radical (unpaired) electrons. The van der Waals surface area contributed by atoms with Gasteiger partial charge in [-0.1, -0.05) is 25.4 Å². The zero-order valence-corrected chi connectivity index (χ0v) is 9.24. The van der Waals surface area contributed by atoms with Gasteiger partial charge in [0.2, 0.25) is 0 Å². The minimum atomic E-state index is -0.900. The predicted molar refractivity (Wildman–Crippen MR) is 55.2 cm³/mol. The summed E-state index contributed by atoms with van der Waals surface area (Å²) in [5, 5.41) is -0.573. The molecule has 0 saturated heterocycles. The van der Waals surface area contributed by atoms with Gasteiger partial charge in [-0.3, -0.25) is 4.79 Å². The number of rotatable bonds is 3. The van der Waals surface area contributed by atoms with Crippen molar-refractivity contribution in [2.24, 2.45) is 5.92 Å². The molecule has 0 aliphatic heterocycles. The Morgan fingerprint density at radius 3 is 2.27 bits per heavy atom. The second-order valence-electron chi connectivity index (χ2n) is 3.43. The number of ketones is 1. The Hall–Kier alpha value is -0.960. The highest BCUT2D eigenvalue weighted by atomic mass is 35.5. The summed E-state index contributed by atoms with van der Waals surface area (Å²) in [5.41, 5.74) is 0.0313. The molecule has 1 unspecified atom stereocenters. The number of Topliss-reactive ketones (excluding diaryl/α,β-unsaturated/α-hetero) is 1.